The van der Waals surface area contributed by atoms with Gasteiger partial charge in [0.1, 0.15) is 12.1 Å². The highest BCUT2D eigenvalue weighted by Gasteiger charge is 2.49. The van der Waals surface area contributed by atoms with Crippen molar-refractivity contribution < 1.29 is 26.5 Å². The molecule has 2 rings (SSSR count). The smallest absolute Gasteiger partial charge is 0.330 e. The number of carbonyl (C=O) groups excluding carboxylic acids is 1. The molecular formula is C15H22FN3O6. The number of nitrogens with zero attached hydrogens (tertiary/aromatic N) is 1. The number of hydrogen-bond donors (Lipinski definition) is 3. The largest absolute Gasteiger partial charge is 0.458 e. The number of aromatic amines is 1. The molecule has 140 valence electrons. The zero-order valence-electron chi connectivity index (χ0n) is 16.0. The molecule has 0 amide bonds. The Morgan fingerprint density at radius 2 is 2.32 bits per heavy atom. The highest BCUT2D eigenvalue weighted by atomic mass is 19.2. The average molecular weight is 361 g/mol. The van der Waals surface area contributed by atoms with Crippen LogP contribution in [0, 0.1) is 12.8 Å². The average Bonchev–Trinajstić information content (AvgIpc) is 2.86. The number of aryl methyl sites for hydroxylation is 1. The summed E-state index contributed by atoms with van der Waals surface area (Å²) in [6.07, 6.45) is -3.15. The Labute approximate surface area is 145 Å². The molecule has 0 aromatic carbocycles. The highest BCUT2D eigenvalue weighted by Crippen LogP contribution is 2.37. The molecule has 0 radical (unpaired) electrons. The molecule has 1 aromatic rings. The number of aromatic nitrogens is 2. The van der Waals surface area contributed by atoms with Gasteiger partial charge in [0.05, 0.1) is 2.74 Å². The molecule has 25 heavy (non-hydrogen) atoms. The van der Waals surface area contributed by atoms with Crippen LogP contribution in [-0.2, 0) is 14.3 Å². The van der Waals surface area contributed by atoms with E-state index in [1.807, 2.05) is 4.98 Å². The van der Waals surface area contributed by atoms with E-state index >= 15 is 4.39 Å². The molecule has 10 heteroatoms. The second-order valence-electron chi connectivity index (χ2n) is 6.28. The summed E-state index contributed by atoms with van der Waals surface area (Å²) in [7, 11) is 0. The van der Waals surface area contributed by atoms with Crippen LogP contribution in [0.1, 0.15) is 34.8 Å². The Balaban J connectivity index is 2.29. The van der Waals surface area contributed by atoms with Gasteiger partial charge in [0, 0.05) is 18.2 Å². The van der Waals surface area contributed by atoms with Crippen molar-refractivity contribution in [1.29, 1.82) is 0 Å². The lowest BCUT2D eigenvalue weighted by molar-refractivity contribution is -0.196. The maximum atomic E-state index is 15.2. The van der Waals surface area contributed by atoms with Gasteiger partial charge in [-0.15, -0.1) is 0 Å². The molecule has 1 fully saturated rings. The van der Waals surface area contributed by atoms with E-state index in [-0.39, 0.29) is 11.5 Å². The number of esters is 1. The summed E-state index contributed by atoms with van der Waals surface area (Å²) in [5, 5.41) is 10.1. The molecule has 0 saturated carbocycles. The molecule has 1 aliphatic heterocycles. The van der Waals surface area contributed by atoms with E-state index in [1.165, 1.54) is 6.92 Å². The number of aliphatic hydroxyl groups is 1. The molecule has 4 atom stereocenters. The lowest BCUT2D eigenvalue weighted by Crippen LogP contribution is -2.40. The fraction of sp³-hybridized carbons (Fsp3) is 0.667. The van der Waals surface area contributed by atoms with Gasteiger partial charge in [0.25, 0.3) is 5.56 Å². The number of H-pyrrole nitrogens is 1. The number of carbonyl (C=O) groups is 1. The first kappa shape index (κ1) is 16.4. The van der Waals surface area contributed by atoms with Crippen LogP contribution in [0.2, 0.25) is 0 Å². The van der Waals surface area contributed by atoms with Crippen molar-refractivity contribution in [2.24, 2.45) is 11.7 Å². The van der Waals surface area contributed by atoms with E-state index in [0.717, 1.165) is 10.8 Å². The van der Waals surface area contributed by atoms with Crippen LogP contribution in [0.25, 0.3) is 0 Å². The first-order valence-electron chi connectivity index (χ1n) is 8.64. The summed E-state index contributed by atoms with van der Waals surface area (Å²) >= 11 is 0. The minimum absolute atomic E-state index is 0.0964. The standard InChI is InChI=1S/C15H22FN3O6/c1-7(2)10(17)13(22)24-6-15(16)4-9(20)12(25-15)19-5-8(3)11(21)18-14(19)23/h5,7,9-10,12,20H,4,6,17H2,1-3H3,(H,18,21,23)/t9-,10+,12-,15+/m1/s1/i6D2. The molecule has 0 unspecified atom stereocenters. The van der Waals surface area contributed by atoms with E-state index in [4.69, 9.17) is 13.2 Å². The molecule has 0 spiro atoms. The number of rotatable bonds is 5. The van der Waals surface area contributed by atoms with E-state index in [1.54, 1.807) is 13.8 Å². The van der Waals surface area contributed by atoms with Crippen molar-refractivity contribution in [2.45, 2.75) is 51.4 Å². The zero-order valence-corrected chi connectivity index (χ0v) is 14.0. The molecule has 1 aromatic heterocycles. The molecule has 9 nitrogen and oxygen atoms in total. The second-order valence-corrected chi connectivity index (χ2v) is 6.28. The maximum absolute atomic E-state index is 15.2. The molecule has 0 bridgehead atoms. The van der Waals surface area contributed by atoms with Crippen LogP contribution in [0.5, 0.6) is 0 Å². The number of nitrogens with one attached hydrogen (secondary N) is 1. The van der Waals surface area contributed by atoms with E-state index in [2.05, 4.69) is 4.74 Å². The predicted molar refractivity (Wildman–Crippen MR) is 84.4 cm³/mol. The Kier molecular flexibility index (Phi) is 4.64. The summed E-state index contributed by atoms with van der Waals surface area (Å²) in [6.45, 7) is 1.30. The minimum atomic E-state index is -3.28. The van der Waals surface area contributed by atoms with Gasteiger partial charge in [-0.1, -0.05) is 13.8 Å². The fourth-order valence-corrected chi connectivity index (χ4v) is 2.24. The number of ether oxygens (including phenoxy) is 2. The molecular weight excluding hydrogens is 337 g/mol. The van der Waals surface area contributed by atoms with Crippen molar-refractivity contribution >= 4 is 5.97 Å². The van der Waals surface area contributed by atoms with Crippen LogP contribution in [-0.4, -0.2) is 45.2 Å². The van der Waals surface area contributed by atoms with Crippen LogP contribution >= 0.6 is 0 Å². The van der Waals surface area contributed by atoms with Gasteiger partial charge in [-0.25, -0.2) is 9.18 Å². The molecule has 2 heterocycles. The third kappa shape index (κ3) is 4.14. The summed E-state index contributed by atoms with van der Waals surface area (Å²) < 4.78 is 41.0. The molecule has 1 aliphatic rings. The number of halogens is 1. The van der Waals surface area contributed by atoms with Crippen LogP contribution in [0.15, 0.2) is 15.8 Å². The van der Waals surface area contributed by atoms with Crippen molar-refractivity contribution in [3.05, 3.63) is 32.6 Å². The van der Waals surface area contributed by atoms with Crippen molar-refractivity contribution in [3.8, 4) is 0 Å². The Hall–Kier alpha value is -2.04. The van der Waals surface area contributed by atoms with Gasteiger partial charge >= 0.3 is 11.7 Å². The normalized spacial score (nSPS) is 29.2. The van der Waals surface area contributed by atoms with Crippen LogP contribution in [0.3, 0.4) is 0 Å². The molecule has 0 aliphatic carbocycles. The first-order chi connectivity index (χ1) is 12.3. The molecule has 4 N–H and O–H groups in total. The second kappa shape index (κ2) is 7.06. The van der Waals surface area contributed by atoms with Gasteiger partial charge < -0.3 is 20.3 Å². The predicted octanol–water partition coefficient (Wildman–Crippen LogP) is -0.683. The third-order valence-electron chi connectivity index (χ3n) is 3.82. The van der Waals surface area contributed by atoms with Crippen molar-refractivity contribution in [2.75, 3.05) is 6.56 Å². The Bertz CT molecular complexity index is 842. The molecule has 1 saturated heterocycles. The first-order valence-corrected chi connectivity index (χ1v) is 7.64. The summed E-state index contributed by atoms with van der Waals surface area (Å²) in [5.74, 6) is -4.80. The van der Waals surface area contributed by atoms with Gasteiger partial charge in [0.15, 0.2) is 12.8 Å². The zero-order chi connectivity index (χ0) is 20.7. The van der Waals surface area contributed by atoms with Crippen LogP contribution < -0.4 is 17.0 Å². The Morgan fingerprint density at radius 1 is 1.68 bits per heavy atom. The maximum Gasteiger partial charge on any atom is 0.330 e. The van der Waals surface area contributed by atoms with Gasteiger partial charge in [-0.2, -0.15) is 0 Å². The SMILES string of the molecule is [2H]C([2H])(OC(=O)[C@@H](N)C(C)C)[C@]1(F)C[C@@H](O)[C@H](n2cc(C)c(=O)[nH]c2=O)O1. The summed E-state index contributed by atoms with van der Waals surface area (Å²) in [6, 6.07) is -1.18. The topological polar surface area (TPSA) is 137 Å². The monoisotopic (exact) mass is 361 g/mol. The Morgan fingerprint density at radius 3 is 2.92 bits per heavy atom. The van der Waals surface area contributed by atoms with Crippen LogP contribution in [0.4, 0.5) is 4.39 Å². The number of hydrogen-bond acceptors (Lipinski definition) is 7. The van der Waals surface area contributed by atoms with Crippen molar-refractivity contribution in [1.82, 2.24) is 9.55 Å². The van der Waals surface area contributed by atoms with E-state index < -0.39 is 54.4 Å². The number of aliphatic hydroxyl groups excluding tert-OH is 1. The highest BCUT2D eigenvalue weighted by molar-refractivity contribution is 5.75. The lowest BCUT2D eigenvalue weighted by atomic mass is 10.1. The summed E-state index contributed by atoms with van der Waals surface area (Å²) in [5.41, 5.74) is 4.03. The summed E-state index contributed by atoms with van der Waals surface area (Å²) in [4.78, 5) is 37.2. The van der Waals surface area contributed by atoms with Gasteiger partial charge in [0.2, 0.25) is 5.85 Å². The van der Waals surface area contributed by atoms with E-state index in [0.29, 0.717) is 0 Å². The number of nitrogens with two attached hydrogens (primary N) is 1. The third-order valence-corrected chi connectivity index (χ3v) is 3.82. The van der Waals surface area contributed by atoms with Gasteiger partial charge in [-0.3, -0.25) is 19.1 Å². The lowest BCUT2D eigenvalue weighted by Gasteiger charge is -2.22. The fourth-order valence-electron chi connectivity index (χ4n) is 2.24. The van der Waals surface area contributed by atoms with Crippen molar-refractivity contribution in [3.63, 3.8) is 0 Å². The quantitative estimate of drug-likeness (QED) is 0.591. The van der Waals surface area contributed by atoms with Gasteiger partial charge in [-0.05, 0) is 12.8 Å². The van der Waals surface area contributed by atoms with E-state index in [9.17, 15) is 19.5 Å². The number of alkyl halides is 1. The minimum Gasteiger partial charge on any atom is -0.458 e.